The van der Waals surface area contributed by atoms with Crippen LogP contribution in [-0.4, -0.2) is 0 Å². The summed E-state index contributed by atoms with van der Waals surface area (Å²) in [5, 5.41) is 0. The quantitative estimate of drug-likeness (QED) is 0.265. The van der Waals surface area contributed by atoms with Gasteiger partial charge < -0.3 is 0 Å². The van der Waals surface area contributed by atoms with Crippen molar-refractivity contribution in [2.45, 2.75) is 354 Å². The van der Waals surface area contributed by atoms with E-state index >= 15 is 0 Å². The van der Waals surface area contributed by atoms with Crippen molar-refractivity contribution in [1.82, 2.24) is 0 Å². The Kier molecular flexibility index (Phi) is 24.8. The molecular formula is C67H128. The van der Waals surface area contributed by atoms with E-state index < -0.39 is 0 Å². The van der Waals surface area contributed by atoms with Crippen LogP contribution in [0.5, 0.6) is 0 Å². The van der Waals surface area contributed by atoms with E-state index in [2.05, 4.69) is 96.9 Å². The van der Waals surface area contributed by atoms with E-state index in [4.69, 9.17) is 0 Å². The van der Waals surface area contributed by atoms with Gasteiger partial charge in [-0.2, -0.15) is 0 Å². The standard InChI is InChI=1S/C14H26.C13H24.C12H22.C11H20.C9H20.C8H16/c1-12-4-6-14(7-5-12)10-8-13(2,3)9-11-14;1-11-7-9-13(10-8-11)12-5-3-2-4-6-12;1-11-5-9-12(10-6-11)7-3-2-4-8-12;1-10-4-8-11(9-5-10)6-2-3-7-11;1-7-9(5,6)8(2,3)4;1-3-8(2)6-4-5-7-8/h12H,4-11H2,1-3H3;11-13H,2-10H2,1H3;11H,2-10H2,1H3;10H,2-9H2,1H3;7H2,1-6H3;3-7H2,1-2H3. The fraction of sp³-hybridized carbons (Fsp3) is 1.00. The molecule has 0 unspecified atom stereocenters. The lowest BCUT2D eigenvalue weighted by Gasteiger charge is -2.47. The van der Waals surface area contributed by atoms with Gasteiger partial charge in [0.25, 0.3) is 0 Å². The third-order valence-electron chi connectivity index (χ3n) is 23.2. The minimum atomic E-state index is 0.446. The van der Waals surface area contributed by atoms with Gasteiger partial charge in [0, 0.05) is 0 Å². The lowest BCUT2D eigenvalue weighted by Crippen LogP contribution is -2.34. The molecule has 0 aromatic heterocycles. The molecule has 0 aromatic rings. The van der Waals surface area contributed by atoms with E-state index in [-0.39, 0.29) is 0 Å². The molecule has 9 saturated carbocycles. The second-order valence-electron chi connectivity index (χ2n) is 30.3. The van der Waals surface area contributed by atoms with Gasteiger partial charge >= 0.3 is 0 Å². The first-order valence-electron chi connectivity index (χ1n) is 31.6. The van der Waals surface area contributed by atoms with Crippen molar-refractivity contribution in [3.05, 3.63) is 0 Å². The maximum absolute atomic E-state index is 2.45. The zero-order valence-corrected chi connectivity index (χ0v) is 49.2. The SMILES string of the molecule is CC1CCC(C2CCCCC2)CC1.CC1CCC2(CC1)CCC(C)(C)CC2.CC1CCC2(CCCC2)CC1.CC1CCC2(CCCCC2)CC1.CCC(C)(C)C(C)(C)C.CCC1(C)CCCC1. The average molecular weight is 934 g/mol. The molecule has 9 aliphatic carbocycles. The van der Waals surface area contributed by atoms with Crippen molar-refractivity contribution in [2.24, 2.45) is 73.4 Å². The Morgan fingerprint density at radius 3 is 0.970 bits per heavy atom. The molecule has 0 nitrogen and oxygen atoms in total. The lowest BCUT2D eigenvalue weighted by molar-refractivity contribution is 0.0511. The van der Waals surface area contributed by atoms with Crippen LogP contribution in [0, 0.1) is 73.4 Å². The summed E-state index contributed by atoms with van der Waals surface area (Å²) in [5.74, 6) is 6.34. The van der Waals surface area contributed by atoms with Crippen molar-refractivity contribution in [1.29, 1.82) is 0 Å². The van der Waals surface area contributed by atoms with Gasteiger partial charge in [-0.3, -0.25) is 0 Å². The summed E-state index contributed by atoms with van der Waals surface area (Å²) >= 11 is 0. The van der Waals surface area contributed by atoms with Gasteiger partial charge in [0.2, 0.25) is 0 Å². The minimum absolute atomic E-state index is 0.446. The molecule has 0 aliphatic heterocycles. The van der Waals surface area contributed by atoms with E-state index in [1.54, 1.807) is 77.0 Å². The van der Waals surface area contributed by atoms with Crippen LogP contribution in [0.15, 0.2) is 0 Å². The van der Waals surface area contributed by atoms with Gasteiger partial charge in [-0.15, -0.1) is 0 Å². The topological polar surface area (TPSA) is 0 Å². The molecule has 67 heavy (non-hydrogen) atoms. The van der Waals surface area contributed by atoms with E-state index in [1.165, 1.54) is 180 Å². The van der Waals surface area contributed by atoms with Gasteiger partial charge in [0.15, 0.2) is 0 Å². The van der Waals surface area contributed by atoms with Gasteiger partial charge in [0.05, 0.1) is 0 Å². The molecule has 0 radical (unpaired) electrons. The van der Waals surface area contributed by atoms with Crippen LogP contribution in [-0.2, 0) is 0 Å². The van der Waals surface area contributed by atoms with Gasteiger partial charge in [-0.25, -0.2) is 0 Å². The molecule has 0 N–H and O–H groups in total. The van der Waals surface area contributed by atoms with Crippen molar-refractivity contribution in [3.8, 4) is 0 Å². The Morgan fingerprint density at radius 2 is 0.642 bits per heavy atom. The molecule has 0 heteroatoms. The smallest absolute Gasteiger partial charge is 0.0297 e. The predicted octanol–water partition coefficient (Wildman–Crippen LogP) is 23.5. The summed E-state index contributed by atoms with van der Waals surface area (Å²) in [5.41, 5.74) is 4.79. The summed E-state index contributed by atoms with van der Waals surface area (Å²) < 4.78 is 0. The summed E-state index contributed by atoms with van der Waals surface area (Å²) in [7, 11) is 0. The van der Waals surface area contributed by atoms with Gasteiger partial charge in [-0.1, -0.05) is 238 Å². The van der Waals surface area contributed by atoms with Crippen LogP contribution in [0.4, 0.5) is 0 Å². The third kappa shape index (κ3) is 20.4. The van der Waals surface area contributed by atoms with Crippen molar-refractivity contribution in [3.63, 3.8) is 0 Å². The molecule has 0 saturated heterocycles. The van der Waals surface area contributed by atoms with E-state index in [9.17, 15) is 0 Å². The monoisotopic (exact) mass is 933 g/mol. The summed E-state index contributed by atoms with van der Waals surface area (Å²) in [6.07, 6.45) is 60.5. The van der Waals surface area contributed by atoms with Crippen LogP contribution in [0.3, 0.4) is 0 Å². The Bertz CT molecular complexity index is 1230. The number of hydrogen-bond acceptors (Lipinski definition) is 0. The van der Waals surface area contributed by atoms with Crippen LogP contribution in [0.1, 0.15) is 354 Å². The molecule has 3 spiro atoms. The molecule has 0 aromatic carbocycles. The highest BCUT2D eigenvalue weighted by Gasteiger charge is 2.40. The molecule has 0 amide bonds. The zero-order valence-electron chi connectivity index (χ0n) is 49.2. The molecule has 9 fully saturated rings. The van der Waals surface area contributed by atoms with Gasteiger partial charge in [-0.05, 0) is 189 Å². The van der Waals surface area contributed by atoms with Crippen molar-refractivity contribution in [2.75, 3.05) is 0 Å². The summed E-state index contributed by atoms with van der Waals surface area (Å²) in [4.78, 5) is 0. The highest BCUT2D eigenvalue weighted by molar-refractivity contribution is 4.92. The Balaban J connectivity index is 0.000000177. The molecular weight excluding hydrogens is 805 g/mol. The van der Waals surface area contributed by atoms with E-state index in [1.807, 2.05) is 0 Å². The first-order chi connectivity index (χ1) is 31.6. The largest absolute Gasteiger partial charge is 0.0649 e. The molecule has 0 atom stereocenters. The highest BCUT2D eigenvalue weighted by Crippen LogP contribution is 2.54. The average Bonchev–Trinajstić information content (AvgIpc) is 3.99. The number of rotatable bonds is 3. The molecule has 0 bridgehead atoms. The van der Waals surface area contributed by atoms with Gasteiger partial charge in [0.1, 0.15) is 0 Å². The van der Waals surface area contributed by atoms with Crippen LogP contribution < -0.4 is 0 Å². The Morgan fingerprint density at radius 1 is 0.328 bits per heavy atom. The minimum Gasteiger partial charge on any atom is -0.0649 e. The summed E-state index contributed by atoms with van der Waals surface area (Å²) in [6, 6.07) is 0. The van der Waals surface area contributed by atoms with Crippen molar-refractivity contribution < 1.29 is 0 Å². The molecule has 0 heterocycles. The van der Waals surface area contributed by atoms with Crippen LogP contribution in [0.2, 0.25) is 0 Å². The maximum atomic E-state index is 2.45. The third-order valence-corrected chi connectivity index (χ3v) is 23.2. The Hall–Kier alpha value is 0. The summed E-state index contributed by atoms with van der Waals surface area (Å²) in [6.45, 7) is 33.1. The van der Waals surface area contributed by atoms with Crippen LogP contribution in [0.25, 0.3) is 0 Å². The Labute approximate surface area is 425 Å². The fourth-order valence-electron chi connectivity index (χ4n) is 15.0. The van der Waals surface area contributed by atoms with E-state index in [0.717, 1.165) is 57.2 Å². The molecule has 9 rings (SSSR count). The van der Waals surface area contributed by atoms with E-state index in [0.29, 0.717) is 16.2 Å². The number of hydrogen-bond donors (Lipinski definition) is 0. The second-order valence-corrected chi connectivity index (χ2v) is 30.3. The molecule has 9 aliphatic rings. The lowest BCUT2D eigenvalue weighted by atomic mass is 9.59. The highest BCUT2D eigenvalue weighted by atomic mass is 14.5. The fourth-order valence-corrected chi connectivity index (χ4v) is 15.0. The normalized spacial score (nSPS) is 29.6. The first-order valence-corrected chi connectivity index (χ1v) is 31.6. The second kappa shape index (κ2) is 27.9. The predicted molar refractivity (Wildman–Crippen MR) is 302 cm³/mol. The molecule has 396 valence electrons. The maximum Gasteiger partial charge on any atom is -0.0297 e. The zero-order chi connectivity index (χ0) is 49.2. The first kappa shape index (κ1) is 59.6. The van der Waals surface area contributed by atoms with Crippen molar-refractivity contribution >= 4 is 0 Å². The van der Waals surface area contributed by atoms with Crippen LogP contribution >= 0.6 is 0 Å².